The van der Waals surface area contributed by atoms with Crippen LogP contribution in [-0.2, 0) is 14.8 Å². The van der Waals surface area contributed by atoms with Gasteiger partial charge in [-0.1, -0.05) is 34.1 Å². The van der Waals surface area contributed by atoms with Gasteiger partial charge in [0.05, 0.1) is 5.75 Å². The topological polar surface area (TPSA) is 83.5 Å². The summed E-state index contributed by atoms with van der Waals surface area (Å²) in [5.74, 6) is -1.16. The third-order valence-electron chi connectivity index (χ3n) is 2.32. The van der Waals surface area contributed by atoms with Gasteiger partial charge in [-0.25, -0.2) is 13.1 Å². The molecule has 0 aliphatic heterocycles. The second-order valence-corrected chi connectivity index (χ2v) is 7.30. The Morgan fingerprint density at radius 3 is 2.24 bits per heavy atom. The summed E-state index contributed by atoms with van der Waals surface area (Å²) in [6.07, 6.45) is 1.43. The lowest BCUT2D eigenvalue weighted by atomic mass is 9.94. The van der Waals surface area contributed by atoms with Crippen molar-refractivity contribution in [3.63, 3.8) is 0 Å². The van der Waals surface area contributed by atoms with Crippen LogP contribution in [0.25, 0.3) is 0 Å². The molecule has 0 amide bonds. The molecule has 0 aromatic rings. The zero-order valence-corrected chi connectivity index (χ0v) is 11.8. The Balaban J connectivity index is 4.46. The average Bonchev–Trinajstić information content (AvgIpc) is 2.13. The molecule has 6 heteroatoms. The number of sulfonamides is 1. The van der Waals surface area contributed by atoms with Crippen LogP contribution in [0.1, 0.15) is 47.0 Å². The molecule has 0 unspecified atom stereocenters. The van der Waals surface area contributed by atoms with Crippen LogP contribution in [0.15, 0.2) is 0 Å². The molecule has 0 saturated heterocycles. The van der Waals surface area contributed by atoms with Gasteiger partial charge < -0.3 is 5.11 Å². The standard InChI is InChI=1S/C11H23NO4S/c1-5-6-9(10(13)14)12-17(15,16)8-7-11(2,3)4/h9,12H,5-8H2,1-4H3,(H,13,14)/t9-/m0/s1. The zero-order valence-electron chi connectivity index (χ0n) is 11.0. The fourth-order valence-corrected chi connectivity index (χ4v) is 2.89. The van der Waals surface area contributed by atoms with Crippen LogP contribution in [0.3, 0.4) is 0 Å². The van der Waals surface area contributed by atoms with Gasteiger partial charge in [0.1, 0.15) is 6.04 Å². The van der Waals surface area contributed by atoms with Crippen molar-refractivity contribution in [2.24, 2.45) is 5.41 Å². The fourth-order valence-electron chi connectivity index (χ4n) is 1.24. The molecule has 0 aromatic heterocycles. The van der Waals surface area contributed by atoms with Crippen molar-refractivity contribution < 1.29 is 18.3 Å². The largest absolute Gasteiger partial charge is 0.480 e. The van der Waals surface area contributed by atoms with Crippen LogP contribution < -0.4 is 4.72 Å². The highest BCUT2D eigenvalue weighted by Crippen LogP contribution is 2.19. The Kier molecular flexibility index (Phi) is 6.12. The molecule has 2 N–H and O–H groups in total. The van der Waals surface area contributed by atoms with Gasteiger partial charge in [-0.15, -0.1) is 0 Å². The van der Waals surface area contributed by atoms with Gasteiger partial charge in [-0.05, 0) is 18.3 Å². The van der Waals surface area contributed by atoms with Gasteiger partial charge in [0, 0.05) is 0 Å². The van der Waals surface area contributed by atoms with Gasteiger partial charge in [-0.3, -0.25) is 4.79 Å². The normalized spacial score (nSPS) is 14.6. The predicted molar refractivity (Wildman–Crippen MR) is 67.3 cm³/mol. The zero-order chi connectivity index (χ0) is 13.7. The van der Waals surface area contributed by atoms with Crippen LogP contribution in [0.4, 0.5) is 0 Å². The molecule has 5 nitrogen and oxygen atoms in total. The molecule has 0 heterocycles. The lowest BCUT2D eigenvalue weighted by Gasteiger charge is -2.19. The van der Waals surface area contributed by atoms with Gasteiger partial charge in [0.25, 0.3) is 0 Å². The van der Waals surface area contributed by atoms with E-state index in [1.165, 1.54) is 0 Å². The Bertz CT molecular complexity index is 343. The molecule has 0 aliphatic rings. The van der Waals surface area contributed by atoms with Crippen LogP contribution in [-0.4, -0.2) is 31.3 Å². The number of rotatable bonds is 7. The van der Waals surface area contributed by atoms with Crippen molar-refractivity contribution in [1.29, 1.82) is 0 Å². The Morgan fingerprint density at radius 2 is 1.88 bits per heavy atom. The van der Waals surface area contributed by atoms with E-state index in [0.29, 0.717) is 19.3 Å². The maximum absolute atomic E-state index is 11.7. The molecule has 0 fully saturated rings. The highest BCUT2D eigenvalue weighted by molar-refractivity contribution is 7.89. The molecule has 1 atom stereocenters. The molecule has 17 heavy (non-hydrogen) atoms. The Morgan fingerprint density at radius 1 is 1.35 bits per heavy atom. The SMILES string of the molecule is CCC[C@H](NS(=O)(=O)CCC(C)(C)C)C(=O)O. The highest BCUT2D eigenvalue weighted by atomic mass is 32.2. The maximum Gasteiger partial charge on any atom is 0.321 e. The first kappa shape index (κ1) is 16.4. The number of carboxylic acids is 1. The quantitative estimate of drug-likeness (QED) is 0.732. The summed E-state index contributed by atoms with van der Waals surface area (Å²) in [5, 5.41) is 8.87. The summed E-state index contributed by atoms with van der Waals surface area (Å²) in [6.45, 7) is 7.66. The smallest absolute Gasteiger partial charge is 0.321 e. The van der Waals surface area contributed by atoms with E-state index < -0.39 is 22.0 Å². The van der Waals surface area contributed by atoms with E-state index in [1.54, 1.807) is 0 Å². The number of carbonyl (C=O) groups is 1. The summed E-state index contributed by atoms with van der Waals surface area (Å²) in [7, 11) is -3.51. The van der Waals surface area contributed by atoms with E-state index in [9.17, 15) is 13.2 Å². The molecule has 0 bridgehead atoms. The number of carboxylic acid groups (broad SMARTS) is 1. The molecular formula is C11H23NO4S. The Labute approximate surface area is 104 Å². The second kappa shape index (κ2) is 6.35. The lowest BCUT2D eigenvalue weighted by Crippen LogP contribution is -2.42. The third kappa shape index (κ3) is 8.15. The Hall–Kier alpha value is -0.620. The molecule has 0 rings (SSSR count). The third-order valence-corrected chi connectivity index (χ3v) is 3.70. The summed E-state index contributed by atoms with van der Waals surface area (Å²) in [4.78, 5) is 10.8. The van der Waals surface area contributed by atoms with Gasteiger partial charge in [0.15, 0.2) is 0 Å². The van der Waals surface area contributed by atoms with E-state index in [2.05, 4.69) is 4.72 Å². The van der Waals surface area contributed by atoms with E-state index in [4.69, 9.17) is 5.11 Å². The summed E-state index contributed by atoms with van der Waals surface area (Å²) in [6, 6.07) is -1.01. The number of nitrogens with one attached hydrogen (secondary N) is 1. The van der Waals surface area contributed by atoms with Crippen molar-refractivity contribution >= 4 is 16.0 Å². The minimum Gasteiger partial charge on any atom is -0.480 e. The first-order valence-electron chi connectivity index (χ1n) is 5.80. The van der Waals surface area contributed by atoms with Gasteiger partial charge in [0.2, 0.25) is 10.0 Å². The number of hydrogen-bond acceptors (Lipinski definition) is 3. The van der Waals surface area contributed by atoms with Crippen LogP contribution in [0.2, 0.25) is 0 Å². The molecule has 0 saturated carbocycles. The maximum atomic E-state index is 11.7. The fraction of sp³-hybridized carbons (Fsp3) is 0.909. The minimum atomic E-state index is -3.51. The first-order chi connectivity index (χ1) is 7.57. The van der Waals surface area contributed by atoms with Gasteiger partial charge in [-0.2, -0.15) is 0 Å². The molecule has 102 valence electrons. The second-order valence-electron chi connectivity index (χ2n) is 5.43. The van der Waals surface area contributed by atoms with Crippen LogP contribution >= 0.6 is 0 Å². The molecular weight excluding hydrogens is 242 g/mol. The first-order valence-corrected chi connectivity index (χ1v) is 7.45. The van der Waals surface area contributed by atoms with Gasteiger partial charge >= 0.3 is 5.97 Å². The van der Waals surface area contributed by atoms with Crippen molar-refractivity contribution in [2.75, 3.05) is 5.75 Å². The summed E-state index contributed by atoms with van der Waals surface area (Å²) in [5.41, 5.74) is -0.0851. The molecule has 0 spiro atoms. The van der Waals surface area contributed by atoms with Crippen LogP contribution in [0, 0.1) is 5.41 Å². The monoisotopic (exact) mass is 265 g/mol. The van der Waals surface area contributed by atoms with E-state index >= 15 is 0 Å². The summed E-state index contributed by atoms with van der Waals surface area (Å²) < 4.78 is 25.6. The van der Waals surface area contributed by atoms with Crippen molar-refractivity contribution in [2.45, 2.75) is 53.0 Å². The lowest BCUT2D eigenvalue weighted by molar-refractivity contribution is -0.139. The summed E-state index contributed by atoms with van der Waals surface area (Å²) >= 11 is 0. The van der Waals surface area contributed by atoms with E-state index in [1.807, 2.05) is 27.7 Å². The average molecular weight is 265 g/mol. The minimum absolute atomic E-state index is 0.0377. The van der Waals surface area contributed by atoms with Crippen molar-refractivity contribution in [3.8, 4) is 0 Å². The molecule has 0 radical (unpaired) electrons. The van der Waals surface area contributed by atoms with Crippen molar-refractivity contribution in [1.82, 2.24) is 4.72 Å². The van der Waals surface area contributed by atoms with Crippen LogP contribution in [0.5, 0.6) is 0 Å². The van der Waals surface area contributed by atoms with E-state index in [0.717, 1.165) is 0 Å². The number of hydrogen-bond donors (Lipinski definition) is 2. The molecule has 0 aliphatic carbocycles. The van der Waals surface area contributed by atoms with E-state index in [-0.39, 0.29) is 11.2 Å². The van der Waals surface area contributed by atoms with Crippen molar-refractivity contribution in [3.05, 3.63) is 0 Å². The number of aliphatic carboxylic acids is 1. The molecule has 0 aromatic carbocycles. The predicted octanol–water partition coefficient (Wildman–Crippen LogP) is 1.60. The highest BCUT2D eigenvalue weighted by Gasteiger charge is 2.24.